The van der Waals surface area contributed by atoms with Gasteiger partial charge in [0.1, 0.15) is 11.6 Å². The molecule has 1 aromatic heterocycles. The van der Waals surface area contributed by atoms with E-state index >= 15 is 0 Å². The molecule has 1 aliphatic heterocycles. The maximum atomic E-state index is 12.0. The van der Waals surface area contributed by atoms with E-state index in [-0.39, 0.29) is 5.91 Å². The van der Waals surface area contributed by atoms with E-state index in [1.165, 1.54) is 0 Å². The lowest BCUT2D eigenvalue weighted by Gasteiger charge is -2.18. The molecule has 1 aliphatic rings. The fourth-order valence-electron chi connectivity index (χ4n) is 1.98. The van der Waals surface area contributed by atoms with Gasteiger partial charge >= 0.3 is 0 Å². The van der Waals surface area contributed by atoms with Crippen LogP contribution in [0.4, 0.5) is 5.82 Å². The first-order chi connectivity index (χ1) is 9.66. The van der Waals surface area contributed by atoms with Crippen molar-refractivity contribution in [3.63, 3.8) is 0 Å². The normalized spacial score (nSPS) is 14.7. The SMILES string of the molecule is CC1=C(C(=O)NCCNc2ccc(C)nn2)CCCO1. The van der Waals surface area contributed by atoms with E-state index in [4.69, 9.17) is 4.74 Å². The molecule has 2 N–H and O–H groups in total. The van der Waals surface area contributed by atoms with Crippen molar-refractivity contribution in [1.82, 2.24) is 15.5 Å². The topological polar surface area (TPSA) is 76.1 Å². The molecule has 0 aliphatic carbocycles. The van der Waals surface area contributed by atoms with Crippen LogP contribution in [0.25, 0.3) is 0 Å². The fourth-order valence-corrected chi connectivity index (χ4v) is 1.98. The molecule has 108 valence electrons. The molecule has 0 unspecified atom stereocenters. The van der Waals surface area contributed by atoms with Gasteiger partial charge in [0.2, 0.25) is 0 Å². The number of amides is 1. The highest BCUT2D eigenvalue weighted by Gasteiger charge is 2.17. The number of hydrogen-bond donors (Lipinski definition) is 2. The van der Waals surface area contributed by atoms with Gasteiger partial charge in [-0.15, -0.1) is 5.10 Å². The van der Waals surface area contributed by atoms with Gasteiger partial charge in [-0.25, -0.2) is 0 Å². The molecular formula is C14H20N4O2. The molecule has 6 nitrogen and oxygen atoms in total. The maximum absolute atomic E-state index is 12.0. The van der Waals surface area contributed by atoms with Gasteiger partial charge in [-0.3, -0.25) is 4.79 Å². The predicted molar refractivity (Wildman–Crippen MR) is 76.2 cm³/mol. The molecule has 0 saturated carbocycles. The van der Waals surface area contributed by atoms with Gasteiger partial charge in [-0.1, -0.05) is 0 Å². The summed E-state index contributed by atoms with van der Waals surface area (Å²) in [7, 11) is 0. The fraction of sp³-hybridized carbons (Fsp3) is 0.500. The van der Waals surface area contributed by atoms with Crippen LogP contribution in [0.15, 0.2) is 23.5 Å². The summed E-state index contributed by atoms with van der Waals surface area (Å²) in [4.78, 5) is 12.0. The third-order valence-corrected chi connectivity index (χ3v) is 3.10. The second-order valence-electron chi connectivity index (χ2n) is 4.73. The van der Waals surface area contributed by atoms with Crippen LogP contribution in [0.5, 0.6) is 0 Å². The summed E-state index contributed by atoms with van der Waals surface area (Å²) >= 11 is 0. The summed E-state index contributed by atoms with van der Waals surface area (Å²) in [6.07, 6.45) is 1.69. The Hall–Kier alpha value is -2.11. The van der Waals surface area contributed by atoms with E-state index in [0.717, 1.165) is 29.9 Å². The Kier molecular flexibility index (Phi) is 4.92. The van der Waals surface area contributed by atoms with Crippen molar-refractivity contribution >= 4 is 11.7 Å². The van der Waals surface area contributed by atoms with Crippen LogP contribution in [0.2, 0.25) is 0 Å². The molecule has 0 saturated heterocycles. The average molecular weight is 276 g/mol. The van der Waals surface area contributed by atoms with Gasteiger partial charge in [0.15, 0.2) is 0 Å². The van der Waals surface area contributed by atoms with E-state index in [2.05, 4.69) is 20.8 Å². The monoisotopic (exact) mass is 276 g/mol. The second-order valence-corrected chi connectivity index (χ2v) is 4.73. The van der Waals surface area contributed by atoms with Crippen molar-refractivity contribution in [3.8, 4) is 0 Å². The minimum absolute atomic E-state index is 0.0426. The first-order valence-electron chi connectivity index (χ1n) is 6.82. The quantitative estimate of drug-likeness (QED) is 0.795. The van der Waals surface area contributed by atoms with E-state index in [1.54, 1.807) is 0 Å². The molecule has 20 heavy (non-hydrogen) atoms. The Morgan fingerprint density at radius 2 is 2.15 bits per heavy atom. The lowest BCUT2D eigenvalue weighted by atomic mass is 10.1. The van der Waals surface area contributed by atoms with Gasteiger partial charge in [0, 0.05) is 13.1 Å². The Morgan fingerprint density at radius 1 is 1.30 bits per heavy atom. The van der Waals surface area contributed by atoms with Gasteiger partial charge in [-0.05, 0) is 38.8 Å². The molecule has 1 aromatic rings. The number of aromatic nitrogens is 2. The van der Waals surface area contributed by atoms with Gasteiger partial charge in [0.25, 0.3) is 5.91 Å². The molecule has 0 bridgehead atoms. The third kappa shape index (κ3) is 3.94. The van der Waals surface area contributed by atoms with Crippen molar-refractivity contribution in [2.24, 2.45) is 0 Å². The summed E-state index contributed by atoms with van der Waals surface area (Å²) in [5.41, 5.74) is 1.63. The maximum Gasteiger partial charge on any atom is 0.250 e. The van der Waals surface area contributed by atoms with E-state index in [1.807, 2.05) is 26.0 Å². The zero-order valence-electron chi connectivity index (χ0n) is 11.9. The number of ether oxygens (including phenoxy) is 1. The van der Waals surface area contributed by atoms with E-state index < -0.39 is 0 Å². The number of anilines is 1. The van der Waals surface area contributed by atoms with Crippen LogP contribution in [0.3, 0.4) is 0 Å². The highest BCUT2D eigenvalue weighted by atomic mass is 16.5. The molecule has 2 heterocycles. The molecule has 6 heteroatoms. The number of allylic oxidation sites excluding steroid dienone is 1. The molecule has 0 radical (unpaired) electrons. The Labute approximate surface area is 118 Å². The average Bonchev–Trinajstić information content (AvgIpc) is 2.46. The largest absolute Gasteiger partial charge is 0.498 e. The summed E-state index contributed by atoms with van der Waals surface area (Å²) in [6, 6.07) is 3.76. The van der Waals surface area contributed by atoms with Gasteiger partial charge in [0.05, 0.1) is 17.9 Å². The molecule has 0 atom stereocenters. The molecule has 2 rings (SSSR count). The smallest absolute Gasteiger partial charge is 0.250 e. The minimum atomic E-state index is -0.0426. The lowest BCUT2D eigenvalue weighted by Crippen LogP contribution is -2.31. The third-order valence-electron chi connectivity index (χ3n) is 3.10. The van der Waals surface area contributed by atoms with Crippen LogP contribution in [-0.4, -0.2) is 35.8 Å². The Bertz CT molecular complexity index is 496. The summed E-state index contributed by atoms with van der Waals surface area (Å²) < 4.78 is 5.38. The molecule has 0 spiro atoms. The summed E-state index contributed by atoms with van der Waals surface area (Å²) in [5, 5.41) is 13.9. The van der Waals surface area contributed by atoms with Crippen molar-refractivity contribution in [1.29, 1.82) is 0 Å². The van der Waals surface area contributed by atoms with Gasteiger partial charge < -0.3 is 15.4 Å². The Balaban J connectivity index is 1.73. The number of rotatable bonds is 5. The zero-order valence-corrected chi connectivity index (χ0v) is 11.9. The standard InChI is InChI=1S/C14H20N4O2/c1-10-5-6-13(18-17-10)15-7-8-16-14(19)12-4-3-9-20-11(12)2/h5-6H,3-4,7-9H2,1-2H3,(H,15,18)(H,16,19). The van der Waals surface area contributed by atoms with Crippen molar-refractivity contribution in [3.05, 3.63) is 29.2 Å². The molecular weight excluding hydrogens is 256 g/mol. The Morgan fingerprint density at radius 3 is 2.85 bits per heavy atom. The van der Waals surface area contributed by atoms with Crippen LogP contribution in [-0.2, 0) is 9.53 Å². The molecule has 1 amide bonds. The predicted octanol–water partition coefficient (Wildman–Crippen LogP) is 1.40. The molecule has 0 aromatic carbocycles. The van der Waals surface area contributed by atoms with Crippen molar-refractivity contribution in [2.75, 3.05) is 25.0 Å². The van der Waals surface area contributed by atoms with Crippen LogP contribution in [0.1, 0.15) is 25.5 Å². The van der Waals surface area contributed by atoms with Crippen molar-refractivity contribution in [2.45, 2.75) is 26.7 Å². The second kappa shape index (κ2) is 6.88. The van der Waals surface area contributed by atoms with E-state index in [0.29, 0.717) is 25.5 Å². The number of hydrogen-bond acceptors (Lipinski definition) is 5. The molecule has 0 fully saturated rings. The van der Waals surface area contributed by atoms with Crippen LogP contribution < -0.4 is 10.6 Å². The van der Waals surface area contributed by atoms with Crippen LogP contribution in [0, 0.1) is 6.92 Å². The van der Waals surface area contributed by atoms with Crippen LogP contribution >= 0.6 is 0 Å². The number of nitrogens with zero attached hydrogens (tertiary/aromatic N) is 2. The van der Waals surface area contributed by atoms with Gasteiger partial charge in [-0.2, -0.15) is 5.10 Å². The number of nitrogens with one attached hydrogen (secondary N) is 2. The van der Waals surface area contributed by atoms with Crippen molar-refractivity contribution < 1.29 is 9.53 Å². The van der Waals surface area contributed by atoms with E-state index in [9.17, 15) is 4.79 Å². The highest BCUT2D eigenvalue weighted by molar-refractivity contribution is 5.93. The summed E-state index contributed by atoms with van der Waals surface area (Å²) in [5.74, 6) is 1.41. The first kappa shape index (κ1) is 14.3. The number of aryl methyl sites for hydroxylation is 1. The summed E-state index contributed by atoms with van der Waals surface area (Å²) in [6.45, 7) is 5.58. The number of carbonyl (C=O) groups is 1. The minimum Gasteiger partial charge on any atom is -0.498 e. The number of carbonyl (C=O) groups excluding carboxylic acids is 1. The lowest BCUT2D eigenvalue weighted by molar-refractivity contribution is -0.118. The first-order valence-corrected chi connectivity index (χ1v) is 6.82. The zero-order chi connectivity index (χ0) is 14.4. The highest BCUT2D eigenvalue weighted by Crippen LogP contribution is 2.18.